The van der Waals surface area contributed by atoms with Gasteiger partial charge in [-0.2, -0.15) is 0 Å². The summed E-state index contributed by atoms with van der Waals surface area (Å²) in [5.41, 5.74) is 0.00333. The van der Waals surface area contributed by atoms with Crippen LogP contribution in [0.5, 0.6) is 0 Å². The van der Waals surface area contributed by atoms with Crippen LogP contribution in [0.1, 0.15) is 39.5 Å². The minimum atomic E-state index is -0.690. The van der Waals surface area contributed by atoms with Crippen molar-refractivity contribution in [3.05, 3.63) is 29.3 Å². The number of carbonyl (C=O) groups excluding carboxylic acids is 1. The minimum absolute atomic E-state index is 0.166. The molecule has 0 heterocycles. The van der Waals surface area contributed by atoms with Crippen molar-refractivity contribution in [2.24, 2.45) is 5.41 Å². The Labute approximate surface area is 125 Å². The molecule has 1 aliphatic carbocycles. The topological polar surface area (TPSA) is 38.3 Å². The van der Waals surface area contributed by atoms with E-state index in [1.165, 1.54) is 7.11 Å². The Balaban J connectivity index is 2.39. The second-order valence-corrected chi connectivity index (χ2v) is 6.56. The molecule has 1 N–H and O–H groups in total. The van der Waals surface area contributed by atoms with Crippen molar-refractivity contribution in [3.8, 4) is 0 Å². The Kier molecular flexibility index (Phi) is 4.28. The number of hydrogen-bond donors (Lipinski definition) is 1. The molecule has 1 fully saturated rings. The molecule has 1 aliphatic rings. The third kappa shape index (κ3) is 2.64. The first kappa shape index (κ1) is 15.2. The molecule has 1 aromatic carbocycles. The molecule has 20 heavy (non-hydrogen) atoms. The highest BCUT2D eigenvalue weighted by atomic mass is 35.5. The zero-order valence-corrected chi connectivity index (χ0v) is 13.1. The van der Waals surface area contributed by atoms with E-state index in [4.69, 9.17) is 16.3 Å². The van der Waals surface area contributed by atoms with Crippen LogP contribution in [-0.4, -0.2) is 18.6 Å². The average molecular weight is 296 g/mol. The minimum Gasteiger partial charge on any atom is -0.467 e. The number of benzene rings is 1. The number of anilines is 1. The quantitative estimate of drug-likeness (QED) is 0.847. The summed E-state index contributed by atoms with van der Waals surface area (Å²) < 4.78 is 5.10. The molecular weight excluding hydrogens is 274 g/mol. The Morgan fingerprint density at radius 2 is 2.00 bits per heavy atom. The van der Waals surface area contributed by atoms with Crippen molar-refractivity contribution in [1.29, 1.82) is 0 Å². The molecule has 1 saturated carbocycles. The van der Waals surface area contributed by atoms with Crippen molar-refractivity contribution in [2.75, 3.05) is 12.4 Å². The fourth-order valence-corrected chi connectivity index (χ4v) is 3.35. The van der Waals surface area contributed by atoms with Crippen LogP contribution in [0.15, 0.2) is 24.3 Å². The van der Waals surface area contributed by atoms with Gasteiger partial charge >= 0.3 is 5.97 Å². The fourth-order valence-electron chi connectivity index (χ4n) is 3.16. The Hall–Kier alpha value is -1.22. The van der Waals surface area contributed by atoms with E-state index in [1.54, 1.807) is 0 Å². The molecule has 0 aromatic heterocycles. The second kappa shape index (κ2) is 5.65. The number of halogens is 1. The molecule has 4 heteroatoms. The van der Waals surface area contributed by atoms with E-state index in [0.717, 1.165) is 31.4 Å². The lowest BCUT2D eigenvalue weighted by atomic mass is 9.63. The van der Waals surface area contributed by atoms with Crippen molar-refractivity contribution in [3.63, 3.8) is 0 Å². The van der Waals surface area contributed by atoms with Gasteiger partial charge < -0.3 is 10.1 Å². The molecule has 1 aromatic rings. The molecular formula is C16H22ClNO2. The lowest BCUT2D eigenvalue weighted by Gasteiger charge is -2.48. The summed E-state index contributed by atoms with van der Waals surface area (Å²) in [6, 6.07) is 7.48. The maximum atomic E-state index is 12.5. The summed E-state index contributed by atoms with van der Waals surface area (Å²) in [6.07, 6.45) is 3.93. The fraction of sp³-hybridized carbons (Fsp3) is 0.562. The maximum absolute atomic E-state index is 12.5. The van der Waals surface area contributed by atoms with Crippen LogP contribution in [0, 0.1) is 5.41 Å². The summed E-state index contributed by atoms with van der Waals surface area (Å²) in [4.78, 5) is 12.5. The molecule has 3 nitrogen and oxygen atoms in total. The largest absolute Gasteiger partial charge is 0.467 e. The molecule has 0 spiro atoms. The first-order chi connectivity index (χ1) is 9.41. The van der Waals surface area contributed by atoms with E-state index < -0.39 is 5.54 Å². The first-order valence-corrected chi connectivity index (χ1v) is 7.41. The highest BCUT2D eigenvalue weighted by Gasteiger charge is 2.53. The van der Waals surface area contributed by atoms with Crippen LogP contribution in [0.2, 0.25) is 5.02 Å². The van der Waals surface area contributed by atoms with Crippen molar-refractivity contribution >= 4 is 23.3 Å². The van der Waals surface area contributed by atoms with Gasteiger partial charge in [-0.25, -0.2) is 4.79 Å². The summed E-state index contributed by atoms with van der Waals surface area (Å²) >= 11 is 6.04. The summed E-state index contributed by atoms with van der Waals surface area (Å²) in [5, 5.41) is 4.07. The normalized spacial score (nSPS) is 25.0. The monoisotopic (exact) mass is 295 g/mol. The number of esters is 1. The van der Waals surface area contributed by atoms with Gasteiger partial charge in [0.25, 0.3) is 0 Å². The number of methoxy groups -OCH3 is 1. The maximum Gasteiger partial charge on any atom is 0.332 e. The van der Waals surface area contributed by atoms with Crippen molar-refractivity contribution in [1.82, 2.24) is 0 Å². The van der Waals surface area contributed by atoms with E-state index in [-0.39, 0.29) is 11.4 Å². The second-order valence-electron chi connectivity index (χ2n) is 6.12. The highest BCUT2D eigenvalue weighted by Crippen LogP contribution is 2.46. The van der Waals surface area contributed by atoms with E-state index in [0.29, 0.717) is 5.02 Å². The van der Waals surface area contributed by atoms with Crippen LogP contribution < -0.4 is 5.32 Å². The molecule has 2 rings (SSSR count). The number of carbonyl (C=O) groups is 1. The van der Waals surface area contributed by atoms with Gasteiger partial charge in [0.1, 0.15) is 5.54 Å². The molecule has 0 bridgehead atoms. The smallest absolute Gasteiger partial charge is 0.332 e. The van der Waals surface area contributed by atoms with E-state index >= 15 is 0 Å². The molecule has 0 aliphatic heterocycles. The zero-order chi connectivity index (χ0) is 14.8. The number of rotatable bonds is 3. The molecule has 110 valence electrons. The van der Waals surface area contributed by atoms with Crippen LogP contribution in [0.4, 0.5) is 5.69 Å². The van der Waals surface area contributed by atoms with E-state index in [2.05, 4.69) is 19.2 Å². The van der Waals surface area contributed by atoms with Gasteiger partial charge in [-0.1, -0.05) is 44.4 Å². The third-order valence-electron chi connectivity index (χ3n) is 4.48. The first-order valence-electron chi connectivity index (χ1n) is 7.03. The molecule has 1 atom stereocenters. The van der Waals surface area contributed by atoms with Gasteiger partial charge in [0.05, 0.1) is 7.11 Å². The van der Waals surface area contributed by atoms with Gasteiger partial charge in [-0.3, -0.25) is 0 Å². The molecule has 0 saturated heterocycles. The predicted octanol–water partition coefficient (Wildman–Crippen LogP) is 4.26. The van der Waals surface area contributed by atoms with E-state index in [1.807, 2.05) is 24.3 Å². The number of nitrogens with one attached hydrogen (secondary N) is 1. The predicted molar refractivity (Wildman–Crippen MR) is 82.1 cm³/mol. The average Bonchev–Trinajstić information content (AvgIpc) is 2.40. The third-order valence-corrected chi connectivity index (χ3v) is 4.71. The number of hydrogen-bond acceptors (Lipinski definition) is 3. The zero-order valence-electron chi connectivity index (χ0n) is 12.3. The Bertz CT molecular complexity index is 501. The molecule has 1 unspecified atom stereocenters. The standard InChI is InChI=1S/C16H22ClNO2/c1-15(2)9-4-5-10-16(15,14(19)20-3)18-13-8-6-7-12(17)11-13/h6-8,11,18H,4-5,9-10H2,1-3H3. The Morgan fingerprint density at radius 1 is 1.30 bits per heavy atom. The summed E-state index contributed by atoms with van der Waals surface area (Å²) in [7, 11) is 1.45. The summed E-state index contributed by atoms with van der Waals surface area (Å²) in [5.74, 6) is -0.192. The van der Waals surface area contributed by atoms with Gasteiger partial charge in [0, 0.05) is 10.7 Å². The summed E-state index contributed by atoms with van der Waals surface area (Å²) in [6.45, 7) is 4.25. The van der Waals surface area contributed by atoms with Crippen LogP contribution >= 0.6 is 11.6 Å². The van der Waals surface area contributed by atoms with Crippen LogP contribution in [-0.2, 0) is 9.53 Å². The van der Waals surface area contributed by atoms with Crippen molar-refractivity contribution in [2.45, 2.75) is 45.1 Å². The van der Waals surface area contributed by atoms with Gasteiger partial charge in [0.15, 0.2) is 0 Å². The van der Waals surface area contributed by atoms with Crippen LogP contribution in [0.3, 0.4) is 0 Å². The number of ether oxygens (including phenoxy) is 1. The molecule has 0 radical (unpaired) electrons. The van der Waals surface area contributed by atoms with Crippen molar-refractivity contribution < 1.29 is 9.53 Å². The lowest BCUT2D eigenvalue weighted by molar-refractivity contribution is -0.152. The van der Waals surface area contributed by atoms with Crippen LogP contribution in [0.25, 0.3) is 0 Å². The highest BCUT2D eigenvalue weighted by molar-refractivity contribution is 6.30. The van der Waals surface area contributed by atoms with Gasteiger partial charge in [-0.05, 0) is 36.5 Å². The van der Waals surface area contributed by atoms with E-state index in [9.17, 15) is 4.79 Å². The van der Waals surface area contributed by atoms with Gasteiger partial charge in [0.2, 0.25) is 0 Å². The SMILES string of the molecule is COC(=O)C1(Nc2cccc(Cl)c2)CCCCC1(C)C. The molecule has 0 amide bonds. The Morgan fingerprint density at radius 3 is 2.60 bits per heavy atom. The lowest BCUT2D eigenvalue weighted by Crippen LogP contribution is -2.59. The van der Waals surface area contributed by atoms with Gasteiger partial charge in [-0.15, -0.1) is 0 Å².